The van der Waals surface area contributed by atoms with Gasteiger partial charge in [0.15, 0.2) is 17.3 Å². The van der Waals surface area contributed by atoms with Crippen molar-refractivity contribution in [3.05, 3.63) is 62.7 Å². The molecule has 3 heterocycles. The molecular weight excluding hydrogens is 481 g/mol. The van der Waals surface area contributed by atoms with Crippen LogP contribution < -0.4 is 10.3 Å². The van der Waals surface area contributed by atoms with E-state index >= 15 is 0 Å². The number of aromatic nitrogens is 3. The number of nitriles is 1. The fourth-order valence-electron chi connectivity index (χ4n) is 4.17. The number of rotatable bonds is 5. The van der Waals surface area contributed by atoms with Gasteiger partial charge in [0.25, 0.3) is 5.56 Å². The van der Waals surface area contributed by atoms with Crippen LogP contribution in [0, 0.1) is 17.1 Å². The summed E-state index contributed by atoms with van der Waals surface area (Å²) in [7, 11) is 1.33. The van der Waals surface area contributed by atoms with E-state index < -0.39 is 17.5 Å². The zero-order valence-electron chi connectivity index (χ0n) is 21.4. The SMILES string of the molecule is CCc1nc2c(c(=O)n1Cc1cc(-c3cc(OC)c(F)cc3C#N)on1)CCN(C(=O)OC(C)(C)C)C2. The van der Waals surface area contributed by atoms with Gasteiger partial charge < -0.3 is 18.9 Å². The molecule has 2 aromatic heterocycles. The Bertz CT molecular complexity index is 1450. The molecule has 1 aliphatic heterocycles. The zero-order chi connectivity index (χ0) is 26.9. The molecule has 0 atom stereocenters. The van der Waals surface area contributed by atoms with Crippen molar-refractivity contribution in [2.24, 2.45) is 0 Å². The normalized spacial score (nSPS) is 13.2. The summed E-state index contributed by atoms with van der Waals surface area (Å²) in [5.41, 5.74) is 1.13. The highest BCUT2D eigenvalue weighted by atomic mass is 19.1. The van der Waals surface area contributed by atoms with Gasteiger partial charge in [0, 0.05) is 30.2 Å². The van der Waals surface area contributed by atoms with Gasteiger partial charge in [-0.25, -0.2) is 14.2 Å². The number of nitrogens with zero attached hydrogens (tertiary/aromatic N) is 5. The number of aryl methyl sites for hydroxylation is 1. The van der Waals surface area contributed by atoms with Crippen LogP contribution in [-0.4, -0.2) is 45.0 Å². The van der Waals surface area contributed by atoms with Crippen LogP contribution in [0.4, 0.5) is 9.18 Å². The maximum Gasteiger partial charge on any atom is 0.410 e. The van der Waals surface area contributed by atoms with Crippen LogP contribution >= 0.6 is 0 Å². The molecule has 3 aromatic rings. The first-order chi connectivity index (χ1) is 17.5. The third kappa shape index (κ3) is 5.33. The molecule has 194 valence electrons. The van der Waals surface area contributed by atoms with E-state index in [-0.39, 0.29) is 35.7 Å². The summed E-state index contributed by atoms with van der Waals surface area (Å²) in [6.07, 6.45) is 0.398. The maximum atomic E-state index is 14.0. The number of ether oxygens (including phenoxy) is 2. The second-order valence-corrected chi connectivity index (χ2v) is 9.68. The molecule has 1 amide bonds. The predicted octanol–water partition coefficient (Wildman–Crippen LogP) is 3.82. The molecule has 10 nitrogen and oxygen atoms in total. The van der Waals surface area contributed by atoms with Crippen LogP contribution in [-0.2, 0) is 30.7 Å². The van der Waals surface area contributed by atoms with Crippen LogP contribution in [0.5, 0.6) is 5.75 Å². The summed E-state index contributed by atoms with van der Waals surface area (Å²) in [5.74, 6) is 0.0955. The maximum absolute atomic E-state index is 14.0. The van der Waals surface area contributed by atoms with Crippen LogP contribution in [0.25, 0.3) is 11.3 Å². The Balaban J connectivity index is 1.63. The number of benzene rings is 1. The summed E-state index contributed by atoms with van der Waals surface area (Å²) < 4.78 is 31.5. The largest absolute Gasteiger partial charge is 0.494 e. The topological polar surface area (TPSA) is 123 Å². The number of hydrogen-bond acceptors (Lipinski definition) is 8. The van der Waals surface area contributed by atoms with E-state index in [4.69, 9.17) is 19.0 Å². The highest BCUT2D eigenvalue weighted by Crippen LogP contribution is 2.31. The first kappa shape index (κ1) is 25.9. The van der Waals surface area contributed by atoms with Crippen molar-refractivity contribution in [3.63, 3.8) is 0 Å². The van der Waals surface area contributed by atoms with Crippen molar-refractivity contribution in [2.45, 2.75) is 59.2 Å². The Morgan fingerprint density at radius 3 is 2.70 bits per heavy atom. The highest BCUT2D eigenvalue weighted by molar-refractivity contribution is 5.69. The van der Waals surface area contributed by atoms with Gasteiger partial charge >= 0.3 is 6.09 Å². The van der Waals surface area contributed by atoms with Crippen molar-refractivity contribution < 1.29 is 23.2 Å². The summed E-state index contributed by atoms with van der Waals surface area (Å²) in [6, 6.07) is 5.99. The van der Waals surface area contributed by atoms with Crippen LogP contribution in [0.1, 0.15) is 56.0 Å². The van der Waals surface area contributed by atoms with Crippen molar-refractivity contribution in [1.82, 2.24) is 19.6 Å². The number of carbonyl (C=O) groups is 1. The average Bonchev–Trinajstić information content (AvgIpc) is 3.32. The molecule has 0 fully saturated rings. The quantitative estimate of drug-likeness (QED) is 0.509. The van der Waals surface area contributed by atoms with E-state index in [1.165, 1.54) is 13.2 Å². The summed E-state index contributed by atoms with van der Waals surface area (Å²) in [6.45, 7) is 7.94. The van der Waals surface area contributed by atoms with Gasteiger partial charge in [-0.15, -0.1) is 0 Å². The number of methoxy groups -OCH3 is 1. The van der Waals surface area contributed by atoms with Gasteiger partial charge in [0.05, 0.1) is 31.5 Å². The van der Waals surface area contributed by atoms with E-state index in [0.29, 0.717) is 47.7 Å². The second-order valence-electron chi connectivity index (χ2n) is 9.68. The summed E-state index contributed by atoms with van der Waals surface area (Å²) >= 11 is 0. The van der Waals surface area contributed by atoms with Gasteiger partial charge in [-0.05, 0) is 39.3 Å². The lowest BCUT2D eigenvalue weighted by atomic mass is 10.0. The Labute approximate surface area is 213 Å². The third-order valence-corrected chi connectivity index (χ3v) is 5.92. The van der Waals surface area contributed by atoms with Crippen molar-refractivity contribution >= 4 is 6.09 Å². The Morgan fingerprint density at radius 1 is 1.30 bits per heavy atom. The van der Waals surface area contributed by atoms with Gasteiger partial charge in [0.1, 0.15) is 23.2 Å². The Kier molecular flexibility index (Phi) is 7.03. The molecular formula is C26H28FN5O5. The number of amides is 1. The molecule has 4 rings (SSSR count). The predicted molar refractivity (Wildman–Crippen MR) is 130 cm³/mol. The first-order valence-electron chi connectivity index (χ1n) is 11.9. The van der Waals surface area contributed by atoms with Crippen molar-refractivity contribution in [3.8, 4) is 23.1 Å². The number of carbonyl (C=O) groups excluding carboxylic acids is 1. The van der Waals surface area contributed by atoms with Gasteiger partial charge in [-0.2, -0.15) is 5.26 Å². The fraction of sp³-hybridized carbons (Fsp3) is 0.423. The van der Waals surface area contributed by atoms with E-state index in [1.807, 2.05) is 13.0 Å². The van der Waals surface area contributed by atoms with Crippen LogP contribution in [0.3, 0.4) is 0 Å². The summed E-state index contributed by atoms with van der Waals surface area (Å²) in [5, 5.41) is 13.5. The minimum absolute atomic E-state index is 0.0317. The molecule has 37 heavy (non-hydrogen) atoms. The summed E-state index contributed by atoms with van der Waals surface area (Å²) in [4.78, 5) is 32.2. The van der Waals surface area contributed by atoms with E-state index in [2.05, 4.69) is 5.16 Å². The lowest BCUT2D eigenvalue weighted by Crippen LogP contribution is -2.43. The first-order valence-corrected chi connectivity index (χ1v) is 11.9. The second kappa shape index (κ2) is 10.0. The molecule has 1 aliphatic rings. The molecule has 0 saturated carbocycles. The van der Waals surface area contributed by atoms with Crippen LogP contribution in [0.2, 0.25) is 0 Å². The monoisotopic (exact) mass is 509 g/mol. The van der Waals surface area contributed by atoms with Gasteiger partial charge in [0.2, 0.25) is 0 Å². The Hall–Kier alpha value is -4.20. The van der Waals surface area contributed by atoms with E-state index in [0.717, 1.165) is 6.07 Å². The van der Waals surface area contributed by atoms with Crippen LogP contribution in [0.15, 0.2) is 27.5 Å². The molecule has 11 heteroatoms. The lowest BCUT2D eigenvalue weighted by Gasteiger charge is -2.31. The number of halogens is 1. The van der Waals surface area contributed by atoms with Crippen molar-refractivity contribution in [2.75, 3.05) is 13.7 Å². The van der Waals surface area contributed by atoms with Crippen molar-refractivity contribution in [1.29, 1.82) is 5.26 Å². The van der Waals surface area contributed by atoms with E-state index in [1.54, 1.807) is 36.3 Å². The Morgan fingerprint density at radius 2 is 2.05 bits per heavy atom. The molecule has 0 bridgehead atoms. The third-order valence-electron chi connectivity index (χ3n) is 5.92. The lowest BCUT2D eigenvalue weighted by molar-refractivity contribution is 0.0219. The minimum atomic E-state index is -0.660. The average molecular weight is 510 g/mol. The smallest absolute Gasteiger partial charge is 0.410 e. The fourth-order valence-corrected chi connectivity index (χ4v) is 4.17. The standard InChI is InChI=1S/C26H28FN5O5/c1-6-23-29-20-14-31(25(34)36-26(2,3)4)8-7-17(20)24(33)32(23)13-16-10-21(37-30-16)18-11-22(35-5)19(27)9-15(18)12-28/h9-11H,6-8,13-14H2,1-5H3. The molecule has 0 spiro atoms. The van der Waals surface area contributed by atoms with Gasteiger partial charge in [-0.1, -0.05) is 12.1 Å². The van der Waals surface area contributed by atoms with E-state index in [9.17, 15) is 19.2 Å². The molecule has 0 unspecified atom stereocenters. The minimum Gasteiger partial charge on any atom is -0.494 e. The number of fused-ring (bicyclic) bond motifs is 1. The molecule has 1 aromatic carbocycles. The van der Waals surface area contributed by atoms with Gasteiger partial charge in [-0.3, -0.25) is 9.36 Å². The number of hydrogen-bond donors (Lipinski definition) is 0. The molecule has 0 aliphatic carbocycles. The zero-order valence-corrected chi connectivity index (χ0v) is 21.4. The highest BCUT2D eigenvalue weighted by Gasteiger charge is 2.29. The molecule has 0 saturated heterocycles. The molecule has 0 N–H and O–H groups in total. The molecule has 0 radical (unpaired) electrons.